The summed E-state index contributed by atoms with van der Waals surface area (Å²) in [5, 5.41) is 11.5. The number of aromatic nitrogens is 6. The molecule has 0 spiro atoms. The average molecular weight is 1750 g/mol. The van der Waals surface area contributed by atoms with Crippen LogP contribution >= 0.6 is 0 Å². The minimum atomic E-state index is -0.0863. The zero-order valence-corrected chi connectivity index (χ0v) is 79.0. The van der Waals surface area contributed by atoms with Crippen molar-refractivity contribution in [3.05, 3.63) is 226 Å². The van der Waals surface area contributed by atoms with Crippen LogP contribution in [0.2, 0.25) is 0 Å². The van der Waals surface area contributed by atoms with Gasteiger partial charge >= 0.3 is 0 Å². The van der Waals surface area contributed by atoms with Gasteiger partial charge in [0.15, 0.2) is 0 Å². The molecule has 6 aromatic carbocycles. The molecule has 4 aliphatic carbocycles. The number of carbonyl (C=O) groups excluding carboxylic acids is 3. The number of carbonyl (C=O) groups is 3. The summed E-state index contributed by atoms with van der Waals surface area (Å²) in [6.45, 7) is 38.5. The van der Waals surface area contributed by atoms with Crippen molar-refractivity contribution < 1.29 is 28.6 Å². The van der Waals surface area contributed by atoms with Gasteiger partial charge in [-0.05, 0) is 266 Å². The maximum atomic E-state index is 13.0. The van der Waals surface area contributed by atoms with Crippen molar-refractivity contribution in [2.75, 3.05) is 127 Å². The molecular weight excluding hydrogens is 1620 g/mol. The molecule has 12 aliphatic rings. The van der Waals surface area contributed by atoms with Crippen molar-refractivity contribution in [2.24, 2.45) is 34.6 Å². The van der Waals surface area contributed by atoms with Gasteiger partial charge in [-0.15, -0.1) is 6.58 Å². The first-order valence-electron chi connectivity index (χ1n) is 48.5. The zero-order chi connectivity index (χ0) is 90.4. The fourth-order valence-corrected chi connectivity index (χ4v) is 24.3. The Bertz CT molecular complexity index is 6320. The number of benzene rings is 6. The van der Waals surface area contributed by atoms with E-state index in [0.717, 1.165) is 164 Å². The summed E-state index contributed by atoms with van der Waals surface area (Å²) in [5.74, 6) is 5.86. The highest BCUT2D eigenvalue weighted by molar-refractivity contribution is 6.06. The van der Waals surface area contributed by atoms with E-state index in [0.29, 0.717) is 30.1 Å². The van der Waals surface area contributed by atoms with E-state index >= 15 is 0 Å². The lowest BCUT2D eigenvalue weighted by molar-refractivity contribution is -0.135. The number of rotatable bonds is 16. The molecule has 12 aromatic rings. The van der Waals surface area contributed by atoms with Crippen LogP contribution < -0.4 is 19.5 Å². The van der Waals surface area contributed by atoms with Crippen LogP contribution in [-0.2, 0) is 52.9 Å². The minimum Gasteiger partial charge on any atom is -0.497 e. The van der Waals surface area contributed by atoms with Gasteiger partial charge in [0.05, 0.1) is 50.5 Å². The Morgan fingerprint density at radius 3 is 1.53 bits per heavy atom. The van der Waals surface area contributed by atoms with E-state index in [4.69, 9.17) is 14.2 Å². The quantitative estimate of drug-likeness (QED) is 0.0451. The number of nitrogens with one attached hydrogen (secondary N) is 7. The van der Waals surface area contributed by atoms with Crippen LogP contribution in [0.4, 0.5) is 0 Å². The van der Waals surface area contributed by atoms with Gasteiger partial charge in [-0.2, -0.15) is 0 Å². The number of hydrogen-bond acceptors (Lipinski definition) is 12. The van der Waals surface area contributed by atoms with Gasteiger partial charge < -0.3 is 64.1 Å². The van der Waals surface area contributed by atoms with Crippen LogP contribution in [0.1, 0.15) is 168 Å². The maximum Gasteiger partial charge on any atom is 0.230 e. The zero-order valence-electron chi connectivity index (χ0n) is 79.0. The van der Waals surface area contributed by atoms with Crippen LogP contribution in [-0.4, -0.2) is 238 Å². The first kappa shape index (κ1) is 89.4. The number of methoxy groups -OCH3 is 3. The summed E-state index contributed by atoms with van der Waals surface area (Å²) in [5.41, 5.74) is 28.8. The average Bonchev–Trinajstić information content (AvgIpc) is 1.51. The van der Waals surface area contributed by atoms with Crippen LogP contribution in [0.5, 0.6) is 17.2 Å². The summed E-state index contributed by atoms with van der Waals surface area (Å²) < 4.78 is 15.9. The highest BCUT2D eigenvalue weighted by Gasteiger charge is 2.49. The van der Waals surface area contributed by atoms with Gasteiger partial charge in [0.1, 0.15) is 17.2 Å². The molecule has 12 atom stereocenters. The summed E-state index contributed by atoms with van der Waals surface area (Å²) in [6, 6.07) is 40.6. The minimum absolute atomic E-state index is 0.0400. The predicted molar refractivity (Wildman–Crippen MR) is 531 cm³/mol. The molecule has 6 aromatic heterocycles. The van der Waals surface area contributed by atoms with Gasteiger partial charge in [0.25, 0.3) is 0 Å². The Morgan fingerprint density at radius 1 is 0.515 bits per heavy atom. The van der Waals surface area contributed by atoms with Crippen LogP contribution in [0, 0.1) is 29.6 Å². The van der Waals surface area contributed by atoms with E-state index in [2.05, 4.69) is 270 Å². The third-order valence-corrected chi connectivity index (χ3v) is 30.8. The monoisotopic (exact) mass is 1750 g/mol. The summed E-state index contributed by atoms with van der Waals surface area (Å²) in [7, 11) is 7.30. The molecule has 1 saturated carbocycles. The fourth-order valence-electron chi connectivity index (χ4n) is 24.3. The molecule has 8 aliphatic heterocycles. The number of H-pyrrole nitrogens is 6. The van der Waals surface area contributed by atoms with E-state index in [1.165, 1.54) is 171 Å². The smallest absolute Gasteiger partial charge is 0.230 e. The largest absolute Gasteiger partial charge is 0.497 e. The standard InChI is InChI=1S/C22H27N3O.C21H27N3O.C20H25N3O.C20H26N2O.C13H16N2O.C13H14N2O/c1-4-10-25-14-16(22(26)24(5-2)6-3)11-18-17-8-7-9-19-21(17)15(13-23-19)12-20(18)25;1-4-23(5-2)21(25)15-10-17-16-8-7-9-18-20(16)14(12-22-18)11-19(17)24(6-3)13-15;1-4-23(5-2)20(24)14-9-16-15-7-6-8-17-19(15)13(11-21-17)10-18(16)22(3)12-14;1-3-13-8-12-9-17-19-15(6-7-22(11-12)20(13)17)16-10-14(23-2)4-5-18(16)21-19;2*1-8-13-11(5-6-14-8)10-4-3-9(16-2)7-12(10)15-13/h4,7-9,11,13,16,20,23H,1,5-6,10,12,14H2,2-3H3;7-10,12,15,19,22H,4-6,11,13H2,1-3H3;6-9,11,14,18,21H,4-5,10,12H2,1-3H3;4-5,10,12-13,17,20-21H,3,6-9,11H2,1-2H3;3-4,7-8,14-15H,5-6H2,1-2H3;3-4,7,15H,5-6H2,1-2H3/t16-,20-;15-,19-;14-,18?;12-,13-,17-,20?;;/m1110../s1. The van der Waals surface area contributed by atoms with Gasteiger partial charge in [-0.3, -0.25) is 39.0 Å². The van der Waals surface area contributed by atoms with E-state index in [9.17, 15) is 14.4 Å². The lowest BCUT2D eigenvalue weighted by Crippen LogP contribution is -2.56. The van der Waals surface area contributed by atoms with Crippen molar-refractivity contribution in [3.8, 4) is 17.2 Å². The lowest BCUT2D eigenvalue weighted by atomic mass is 9.65. The summed E-state index contributed by atoms with van der Waals surface area (Å²) in [4.78, 5) is 80.2. The Balaban J connectivity index is 0.000000106. The number of likely N-dealkylation sites (N-methyl/N-ethyl adjacent to an activating group) is 2. The van der Waals surface area contributed by atoms with Crippen LogP contribution in [0.25, 0.3) is 82.1 Å². The molecule has 21 nitrogen and oxygen atoms in total. The number of aromatic amines is 6. The second-order valence-corrected chi connectivity index (χ2v) is 37.5. The molecule has 2 saturated heterocycles. The third kappa shape index (κ3) is 16.6. The normalized spacial score (nSPS) is 23.5. The number of nitrogens with zero attached hydrogens (tertiary/aromatic N) is 8. The van der Waals surface area contributed by atoms with E-state index in [-0.39, 0.29) is 35.5 Å². The number of hydrogen-bond donors (Lipinski definition) is 7. The number of piperidine rings is 2. The topological polar surface area (TPSA) is 221 Å². The van der Waals surface area contributed by atoms with E-state index in [1.54, 1.807) is 32.6 Å². The number of fused-ring (bicyclic) bond motifs is 16. The Kier molecular flexibility index (Phi) is 26.3. The summed E-state index contributed by atoms with van der Waals surface area (Å²) >= 11 is 0. The highest BCUT2D eigenvalue weighted by Crippen LogP contribution is 2.52. The summed E-state index contributed by atoms with van der Waals surface area (Å²) in [6.07, 6.45) is 25.7. The van der Waals surface area contributed by atoms with Crippen molar-refractivity contribution in [2.45, 2.75) is 163 Å². The Labute approximate surface area is 766 Å². The van der Waals surface area contributed by atoms with Gasteiger partial charge in [-0.1, -0.05) is 81.0 Å². The number of aliphatic imine (C=N–C) groups is 1. The Morgan fingerprint density at radius 2 is 1.00 bits per heavy atom. The molecule has 3 amide bonds. The third-order valence-electron chi connectivity index (χ3n) is 30.8. The molecular formula is C109H135N15O6. The molecule has 0 radical (unpaired) electrons. The molecule has 24 rings (SSSR count). The van der Waals surface area contributed by atoms with Gasteiger partial charge in [0, 0.05) is 229 Å². The highest BCUT2D eigenvalue weighted by atomic mass is 16.5. The SMILES string of the molecule is C=CCN1C[C@H](C(=O)N(CC)CC)C=C2c3cccc4[nH]cc(c34)C[C@H]21.CCN(CC)C(=O)[C@@H]1C=C2c3cccc4[nH]cc(c34)CC2N(C)C1.CCN(CC)C(=O)[C@@H]1C=C2c3cccc4[nH]cc(c34)C[C@H]2N(CC)C1.CC[C@H]1C[C@H]2C[C@H]3c4[nH]c5ccc(OC)cc5c4CCN(C2)C13.COc1ccc2c3c([nH]c2c1)C(C)=NCC3.COc1ccc2c3c([nH]c2c1)C(C)NCC3. The van der Waals surface area contributed by atoms with E-state index < -0.39 is 0 Å². The van der Waals surface area contributed by atoms with E-state index in [1.807, 2.05) is 39.0 Å². The molecule has 7 N–H and O–H groups in total. The molecule has 130 heavy (non-hydrogen) atoms. The molecule has 4 unspecified atom stereocenters. The second-order valence-electron chi connectivity index (χ2n) is 37.5. The second kappa shape index (κ2) is 38.3. The number of amides is 3. The van der Waals surface area contributed by atoms with Crippen molar-refractivity contribution in [3.63, 3.8) is 0 Å². The maximum absolute atomic E-state index is 13.0. The fraction of sp³-hybridized carbons (Fsp3) is 0.450. The van der Waals surface area contributed by atoms with Gasteiger partial charge in [0.2, 0.25) is 17.7 Å². The molecule has 14 heterocycles. The van der Waals surface area contributed by atoms with Crippen LogP contribution in [0.3, 0.4) is 0 Å². The molecule has 682 valence electrons. The molecule has 4 bridgehead atoms. The van der Waals surface area contributed by atoms with Gasteiger partial charge in [-0.25, -0.2) is 0 Å². The lowest BCUT2D eigenvalue weighted by Gasteiger charge is -2.53. The first-order valence-corrected chi connectivity index (χ1v) is 48.5. The first-order chi connectivity index (χ1) is 63.3. The van der Waals surface area contributed by atoms with Crippen molar-refractivity contribution in [1.82, 2.24) is 69.5 Å². The molecule has 3 fully saturated rings. The van der Waals surface area contributed by atoms with Crippen LogP contribution in [0.15, 0.2) is 164 Å². The number of ether oxygens (including phenoxy) is 3. The predicted octanol–water partition coefficient (Wildman–Crippen LogP) is 18.5. The van der Waals surface area contributed by atoms with Crippen molar-refractivity contribution >= 4 is 106 Å². The molecule has 21 heteroatoms. The van der Waals surface area contributed by atoms with Crippen molar-refractivity contribution in [1.29, 1.82) is 0 Å². The Hall–Kier alpha value is -11.2.